The molecule has 0 aromatic carbocycles. The lowest BCUT2D eigenvalue weighted by Gasteiger charge is -2.27. The zero-order valence-electron chi connectivity index (χ0n) is 9.42. The standard InChI is InChI=1S/C12H20ClFO/c1-8(10-6-4-3-5-7-10)11(13)12(14)9(2)15/h6,8-9,11-12,15H,3-5,7H2,1-2H3. The van der Waals surface area contributed by atoms with Gasteiger partial charge < -0.3 is 5.11 Å². The maximum atomic E-state index is 13.5. The Hall–Kier alpha value is -0.0800. The molecule has 1 aliphatic rings. The first kappa shape index (κ1) is 13.0. The average Bonchev–Trinajstić information content (AvgIpc) is 2.27. The van der Waals surface area contributed by atoms with Crippen LogP contribution < -0.4 is 0 Å². The summed E-state index contributed by atoms with van der Waals surface area (Å²) in [6, 6.07) is 0. The summed E-state index contributed by atoms with van der Waals surface area (Å²) < 4.78 is 13.5. The number of hydrogen-bond donors (Lipinski definition) is 1. The number of allylic oxidation sites excluding steroid dienone is 2. The average molecular weight is 235 g/mol. The molecule has 0 saturated heterocycles. The monoisotopic (exact) mass is 234 g/mol. The highest BCUT2D eigenvalue weighted by atomic mass is 35.5. The van der Waals surface area contributed by atoms with Crippen molar-refractivity contribution in [2.45, 2.75) is 57.2 Å². The highest BCUT2D eigenvalue weighted by Gasteiger charge is 2.30. The van der Waals surface area contributed by atoms with Gasteiger partial charge >= 0.3 is 0 Å². The number of halogens is 2. The summed E-state index contributed by atoms with van der Waals surface area (Å²) in [5.74, 6) is 0.0246. The third kappa shape index (κ3) is 3.46. The molecule has 0 saturated carbocycles. The zero-order chi connectivity index (χ0) is 11.4. The minimum atomic E-state index is -1.34. The first-order valence-corrected chi connectivity index (χ1v) is 6.12. The fourth-order valence-electron chi connectivity index (χ4n) is 2.02. The van der Waals surface area contributed by atoms with Gasteiger partial charge in [0, 0.05) is 0 Å². The highest BCUT2D eigenvalue weighted by Crippen LogP contribution is 2.31. The van der Waals surface area contributed by atoms with E-state index >= 15 is 0 Å². The Morgan fingerprint density at radius 1 is 1.40 bits per heavy atom. The van der Waals surface area contributed by atoms with Gasteiger partial charge in [0.2, 0.25) is 0 Å². The van der Waals surface area contributed by atoms with Crippen molar-refractivity contribution in [3.05, 3.63) is 11.6 Å². The molecule has 0 radical (unpaired) electrons. The van der Waals surface area contributed by atoms with Crippen LogP contribution in [0.2, 0.25) is 0 Å². The normalized spacial score (nSPS) is 25.3. The topological polar surface area (TPSA) is 20.2 Å². The van der Waals surface area contributed by atoms with Crippen LogP contribution in [0.1, 0.15) is 39.5 Å². The van der Waals surface area contributed by atoms with Gasteiger partial charge in [-0.1, -0.05) is 18.6 Å². The maximum absolute atomic E-state index is 13.5. The maximum Gasteiger partial charge on any atom is 0.142 e. The summed E-state index contributed by atoms with van der Waals surface area (Å²) in [5.41, 5.74) is 1.25. The smallest absolute Gasteiger partial charge is 0.142 e. The Bertz CT molecular complexity index is 228. The summed E-state index contributed by atoms with van der Waals surface area (Å²) in [6.45, 7) is 3.39. The zero-order valence-corrected chi connectivity index (χ0v) is 10.2. The summed E-state index contributed by atoms with van der Waals surface area (Å²) in [7, 11) is 0. The Morgan fingerprint density at radius 3 is 2.53 bits per heavy atom. The van der Waals surface area contributed by atoms with E-state index in [-0.39, 0.29) is 5.92 Å². The van der Waals surface area contributed by atoms with Crippen LogP contribution in [-0.4, -0.2) is 22.8 Å². The summed E-state index contributed by atoms with van der Waals surface area (Å²) in [6.07, 6.45) is 4.34. The van der Waals surface area contributed by atoms with Crippen LogP contribution in [0.5, 0.6) is 0 Å². The molecule has 0 aliphatic heterocycles. The van der Waals surface area contributed by atoms with Crippen molar-refractivity contribution in [2.75, 3.05) is 0 Å². The second-order valence-electron chi connectivity index (χ2n) is 4.44. The predicted molar refractivity (Wildman–Crippen MR) is 61.9 cm³/mol. The lowest BCUT2D eigenvalue weighted by Crippen LogP contribution is -2.33. The van der Waals surface area contributed by atoms with Crippen LogP contribution in [0.15, 0.2) is 11.6 Å². The van der Waals surface area contributed by atoms with Crippen molar-refractivity contribution >= 4 is 11.6 Å². The third-order valence-corrected chi connectivity index (χ3v) is 3.77. The van der Waals surface area contributed by atoms with Gasteiger partial charge in [-0.25, -0.2) is 4.39 Å². The Balaban J connectivity index is 2.58. The van der Waals surface area contributed by atoms with E-state index in [1.807, 2.05) is 6.92 Å². The number of aliphatic hydroxyl groups is 1. The molecule has 15 heavy (non-hydrogen) atoms. The molecule has 0 spiro atoms. The van der Waals surface area contributed by atoms with E-state index in [1.165, 1.54) is 25.3 Å². The van der Waals surface area contributed by atoms with E-state index in [2.05, 4.69) is 6.08 Å². The number of aliphatic hydroxyl groups excluding tert-OH is 1. The largest absolute Gasteiger partial charge is 0.390 e. The van der Waals surface area contributed by atoms with Gasteiger partial charge in [0.05, 0.1) is 11.5 Å². The van der Waals surface area contributed by atoms with Gasteiger partial charge in [0.25, 0.3) is 0 Å². The van der Waals surface area contributed by atoms with E-state index in [9.17, 15) is 4.39 Å². The molecule has 0 aromatic heterocycles. The van der Waals surface area contributed by atoms with Crippen molar-refractivity contribution < 1.29 is 9.50 Å². The van der Waals surface area contributed by atoms with Crippen molar-refractivity contribution in [1.82, 2.24) is 0 Å². The van der Waals surface area contributed by atoms with Crippen molar-refractivity contribution in [3.8, 4) is 0 Å². The van der Waals surface area contributed by atoms with Crippen LogP contribution in [0.25, 0.3) is 0 Å². The minimum Gasteiger partial charge on any atom is -0.390 e. The molecular formula is C12H20ClFO. The second kappa shape index (κ2) is 5.86. The molecule has 3 heteroatoms. The molecule has 0 fully saturated rings. The van der Waals surface area contributed by atoms with Gasteiger partial charge in [-0.05, 0) is 38.5 Å². The van der Waals surface area contributed by atoms with Gasteiger partial charge in [0.1, 0.15) is 6.17 Å². The first-order chi connectivity index (χ1) is 7.04. The lowest BCUT2D eigenvalue weighted by atomic mass is 9.86. The second-order valence-corrected chi connectivity index (χ2v) is 4.95. The molecule has 1 aliphatic carbocycles. The Labute approximate surface area is 96.3 Å². The predicted octanol–water partition coefficient (Wildman–Crippen LogP) is 3.45. The molecule has 0 heterocycles. The lowest BCUT2D eigenvalue weighted by molar-refractivity contribution is 0.0834. The fourth-order valence-corrected chi connectivity index (χ4v) is 2.40. The molecule has 0 aromatic rings. The molecule has 88 valence electrons. The van der Waals surface area contributed by atoms with E-state index in [4.69, 9.17) is 16.7 Å². The fraction of sp³-hybridized carbons (Fsp3) is 0.833. The molecule has 4 atom stereocenters. The highest BCUT2D eigenvalue weighted by molar-refractivity contribution is 6.21. The van der Waals surface area contributed by atoms with Crippen LogP contribution >= 0.6 is 11.6 Å². The third-order valence-electron chi connectivity index (χ3n) is 3.15. The molecule has 1 nitrogen and oxygen atoms in total. The summed E-state index contributed by atoms with van der Waals surface area (Å²) in [4.78, 5) is 0. The number of alkyl halides is 2. The SMILES string of the molecule is CC(O)C(F)C(Cl)C(C)C1=CCCCC1. The van der Waals surface area contributed by atoms with Crippen LogP contribution in [0, 0.1) is 5.92 Å². The van der Waals surface area contributed by atoms with Crippen LogP contribution in [0.3, 0.4) is 0 Å². The number of hydrogen-bond acceptors (Lipinski definition) is 1. The summed E-state index contributed by atoms with van der Waals surface area (Å²) in [5, 5.41) is 8.54. The van der Waals surface area contributed by atoms with Gasteiger partial charge in [-0.2, -0.15) is 0 Å². The molecule has 1 rings (SSSR count). The quantitative estimate of drug-likeness (QED) is 0.584. The van der Waals surface area contributed by atoms with Gasteiger partial charge in [0.15, 0.2) is 0 Å². The Kier molecular flexibility index (Phi) is 5.07. The van der Waals surface area contributed by atoms with E-state index in [0.717, 1.165) is 12.8 Å². The summed E-state index contributed by atoms with van der Waals surface area (Å²) >= 11 is 6.03. The number of rotatable bonds is 4. The van der Waals surface area contributed by atoms with Crippen molar-refractivity contribution in [2.24, 2.45) is 5.92 Å². The van der Waals surface area contributed by atoms with Crippen molar-refractivity contribution in [3.63, 3.8) is 0 Å². The van der Waals surface area contributed by atoms with E-state index < -0.39 is 17.7 Å². The minimum absolute atomic E-state index is 0.0246. The van der Waals surface area contributed by atoms with Crippen LogP contribution in [0.4, 0.5) is 4.39 Å². The van der Waals surface area contributed by atoms with Gasteiger partial charge in [-0.15, -0.1) is 11.6 Å². The van der Waals surface area contributed by atoms with E-state index in [0.29, 0.717) is 0 Å². The molecule has 4 unspecified atom stereocenters. The molecule has 1 N–H and O–H groups in total. The van der Waals surface area contributed by atoms with E-state index in [1.54, 1.807) is 0 Å². The van der Waals surface area contributed by atoms with Gasteiger partial charge in [-0.3, -0.25) is 0 Å². The van der Waals surface area contributed by atoms with Crippen LogP contribution in [-0.2, 0) is 0 Å². The molecule has 0 amide bonds. The first-order valence-electron chi connectivity index (χ1n) is 5.69. The van der Waals surface area contributed by atoms with Crippen molar-refractivity contribution in [1.29, 1.82) is 0 Å². The molecular weight excluding hydrogens is 215 g/mol. The Morgan fingerprint density at radius 2 is 2.07 bits per heavy atom. The molecule has 0 bridgehead atoms.